The molecule has 7 nitrogen and oxygen atoms in total. The number of aromatic nitrogens is 1. The van der Waals surface area contributed by atoms with Crippen molar-refractivity contribution in [2.75, 3.05) is 64.0 Å². The van der Waals surface area contributed by atoms with Gasteiger partial charge in [0.05, 0.1) is 19.8 Å². The van der Waals surface area contributed by atoms with E-state index < -0.39 is 0 Å². The maximum absolute atomic E-state index is 13.0. The van der Waals surface area contributed by atoms with Crippen LogP contribution in [0.2, 0.25) is 0 Å². The monoisotopic (exact) mass is 408 g/mol. The molecule has 0 bridgehead atoms. The molecule has 1 aromatic carbocycles. The minimum absolute atomic E-state index is 0.0273. The fourth-order valence-corrected chi connectivity index (χ4v) is 4.42. The molecule has 0 N–H and O–H groups in total. The maximum Gasteiger partial charge on any atom is 0.272 e. The lowest BCUT2D eigenvalue weighted by molar-refractivity contribution is 0.0622. The van der Waals surface area contributed by atoms with Crippen LogP contribution in [0.5, 0.6) is 5.75 Å². The second kappa shape index (κ2) is 8.62. The Hall–Kier alpha value is -2.64. The van der Waals surface area contributed by atoms with E-state index in [0.29, 0.717) is 5.69 Å². The second-order valence-corrected chi connectivity index (χ2v) is 8.11. The number of pyridine rings is 1. The van der Waals surface area contributed by atoms with Gasteiger partial charge < -0.3 is 19.3 Å². The molecule has 3 aliphatic heterocycles. The number of carbonyl (C=O) groups excluding carboxylic acids is 1. The number of benzene rings is 1. The third-order valence-corrected chi connectivity index (χ3v) is 6.16. The molecule has 4 heterocycles. The highest BCUT2D eigenvalue weighted by Crippen LogP contribution is 2.26. The Kier molecular flexibility index (Phi) is 5.55. The number of hydrogen-bond donors (Lipinski definition) is 0. The predicted octanol–water partition coefficient (Wildman–Crippen LogP) is 1.81. The van der Waals surface area contributed by atoms with Gasteiger partial charge in [0.2, 0.25) is 0 Å². The molecule has 0 atom stereocenters. The number of rotatable bonds is 4. The summed E-state index contributed by atoms with van der Waals surface area (Å²) in [5.41, 5.74) is 4.22. The Morgan fingerprint density at radius 2 is 1.80 bits per heavy atom. The smallest absolute Gasteiger partial charge is 0.272 e. The van der Waals surface area contributed by atoms with Crippen LogP contribution >= 0.6 is 0 Å². The van der Waals surface area contributed by atoms with E-state index in [2.05, 4.69) is 33.0 Å². The molecule has 5 rings (SSSR count). The fraction of sp³-hybridized carbons (Fsp3) is 0.478. The van der Waals surface area contributed by atoms with Crippen LogP contribution in [0.1, 0.15) is 21.6 Å². The standard InChI is InChI=1S/C23H28N4O3/c28-23(21-16-20(3-5-24-21)26-10-13-29-14-11-26)27-8-6-25(7-9-27)17-18-1-2-22-19(15-18)4-12-30-22/h1-3,5,15-16H,4,6-14,17H2. The van der Waals surface area contributed by atoms with Gasteiger partial charge >= 0.3 is 0 Å². The van der Waals surface area contributed by atoms with E-state index in [9.17, 15) is 4.79 Å². The fourth-order valence-electron chi connectivity index (χ4n) is 4.42. The van der Waals surface area contributed by atoms with Crippen molar-refractivity contribution in [2.45, 2.75) is 13.0 Å². The first kappa shape index (κ1) is 19.3. The minimum atomic E-state index is 0.0273. The zero-order valence-corrected chi connectivity index (χ0v) is 17.3. The first-order chi connectivity index (χ1) is 14.8. The lowest BCUT2D eigenvalue weighted by Gasteiger charge is -2.35. The van der Waals surface area contributed by atoms with Crippen molar-refractivity contribution < 1.29 is 14.3 Å². The molecular formula is C23H28N4O3. The third kappa shape index (κ3) is 4.13. The van der Waals surface area contributed by atoms with Gasteiger partial charge in [-0.1, -0.05) is 12.1 Å². The van der Waals surface area contributed by atoms with Crippen molar-refractivity contribution in [1.29, 1.82) is 0 Å². The summed E-state index contributed by atoms with van der Waals surface area (Å²) in [4.78, 5) is 24.0. The maximum atomic E-state index is 13.0. The lowest BCUT2D eigenvalue weighted by Crippen LogP contribution is -2.48. The van der Waals surface area contributed by atoms with E-state index >= 15 is 0 Å². The first-order valence-corrected chi connectivity index (χ1v) is 10.8. The van der Waals surface area contributed by atoms with Crippen molar-refractivity contribution in [1.82, 2.24) is 14.8 Å². The topological polar surface area (TPSA) is 58.1 Å². The SMILES string of the molecule is O=C(c1cc(N2CCOCC2)ccn1)N1CCN(Cc2ccc3c(c2)CCO3)CC1. The number of nitrogens with zero attached hydrogens (tertiary/aromatic N) is 4. The van der Waals surface area contributed by atoms with Crippen LogP contribution in [0.15, 0.2) is 36.5 Å². The Morgan fingerprint density at radius 3 is 2.63 bits per heavy atom. The molecule has 30 heavy (non-hydrogen) atoms. The van der Waals surface area contributed by atoms with Gasteiger partial charge in [0.25, 0.3) is 5.91 Å². The van der Waals surface area contributed by atoms with Gasteiger partial charge in [0, 0.05) is 64.1 Å². The van der Waals surface area contributed by atoms with Crippen LogP contribution in [0.25, 0.3) is 0 Å². The normalized spacial score (nSPS) is 19.5. The van der Waals surface area contributed by atoms with Gasteiger partial charge in [0.1, 0.15) is 11.4 Å². The van der Waals surface area contributed by atoms with Gasteiger partial charge in [-0.05, 0) is 29.3 Å². The number of amides is 1. The number of morpholine rings is 1. The van der Waals surface area contributed by atoms with Crippen LogP contribution in [-0.2, 0) is 17.7 Å². The zero-order valence-electron chi connectivity index (χ0n) is 17.3. The van der Waals surface area contributed by atoms with E-state index in [1.807, 2.05) is 17.0 Å². The average molecular weight is 409 g/mol. The Balaban J connectivity index is 1.18. The Morgan fingerprint density at radius 1 is 0.967 bits per heavy atom. The quantitative estimate of drug-likeness (QED) is 0.769. The number of fused-ring (bicyclic) bond motifs is 1. The number of anilines is 1. The van der Waals surface area contributed by atoms with E-state index in [4.69, 9.17) is 9.47 Å². The summed E-state index contributed by atoms with van der Waals surface area (Å²) in [6.45, 7) is 8.09. The highest BCUT2D eigenvalue weighted by molar-refractivity contribution is 5.93. The summed E-state index contributed by atoms with van der Waals surface area (Å²) in [7, 11) is 0. The molecule has 0 saturated carbocycles. The Labute approximate surface area is 177 Å². The van der Waals surface area contributed by atoms with Gasteiger partial charge in [-0.25, -0.2) is 0 Å². The molecule has 0 aliphatic carbocycles. The van der Waals surface area contributed by atoms with Crippen molar-refractivity contribution >= 4 is 11.6 Å². The van der Waals surface area contributed by atoms with E-state index in [0.717, 1.165) is 83.5 Å². The van der Waals surface area contributed by atoms with E-state index in [1.54, 1.807) is 6.20 Å². The first-order valence-electron chi connectivity index (χ1n) is 10.8. The average Bonchev–Trinajstić information content (AvgIpc) is 3.28. The van der Waals surface area contributed by atoms with Crippen LogP contribution in [-0.4, -0.2) is 79.8 Å². The Bertz CT molecular complexity index is 905. The highest BCUT2D eigenvalue weighted by Gasteiger charge is 2.24. The molecule has 0 radical (unpaired) electrons. The zero-order chi connectivity index (χ0) is 20.3. The number of hydrogen-bond acceptors (Lipinski definition) is 6. The summed E-state index contributed by atoms with van der Waals surface area (Å²) in [6, 6.07) is 10.4. The number of piperazine rings is 1. The van der Waals surface area contributed by atoms with Gasteiger partial charge in [0.15, 0.2) is 0 Å². The molecule has 7 heteroatoms. The molecule has 2 fully saturated rings. The third-order valence-electron chi connectivity index (χ3n) is 6.16. The van der Waals surface area contributed by atoms with Gasteiger partial charge in [-0.3, -0.25) is 14.7 Å². The van der Waals surface area contributed by atoms with E-state index in [1.165, 1.54) is 11.1 Å². The lowest BCUT2D eigenvalue weighted by atomic mass is 10.1. The van der Waals surface area contributed by atoms with Gasteiger partial charge in [-0.15, -0.1) is 0 Å². The van der Waals surface area contributed by atoms with Crippen LogP contribution in [0, 0.1) is 0 Å². The molecule has 2 aromatic rings. The minimum Gasteiger partial charge on any atom is -0.493 e. The molecule has 0 unspecified atom stereocenters. The van der Waals surface area contributed by atoms with Crippen molar-refractivity contribution in [2.24, 2.45) is 0 Å². The molecule has 1 aromatic heterocycles. The second-order valence-electron chi connectivity index (χ2n) is 8.11. The number of carbonyl (C=O) groups is 1. The van der Waals surface area contributed by atoms with Gasteiger partial charge in [-0.2, -0.15) is 0 Å². The van der Waals surface area contributed by atoms with Crippen LogP contribution in [0.3, 0.4) is 0 Å². The summed E-state index contributed by atoms with van der Waals surface area (Å²) in [6.07, 6.45) is 2.74. The predicted molar refractivity (Wildman–Crippen MR) is 114 cm³/mol. The van der Waals surface area contributed by atoms with Crippen LogP contribution in [0.4, 0.5) is 5.69 Å². The molecule has 2 saturated heterocycles. The van der Waals surface area contributed by atoms with Crippen LogP contribution < -0.4 is 9.64 Å². The van der Waals surface area contributed by atoms with Crippen molar-refractivity contribution in [3.05, 3.63) is 53.3 Å². The molecule has 0 spiro atoms. The summed E-state index contributed by atoms with van der Waals surface area (Å²) < 4.78 is 11.0. The summed E-state index contributed by atoms with van der Waals surface area (Å²) in [5, 5.41) is 0. The molecule has 1 amide bonds. The molecule has 3 aliphatic rings. The summed E-state index contributed by atoms with van der Waals surface area (Å²) in [5.74, 6) is 1.06. The molecule has 158 valence electrons. The highest BCUT2D eigenvalue weighted by atomic mass is 16.5. The summed E-state index contributed by atoms with van der Waals surface area (Å²) >= 11 is 0. The molecular weight excluding hydrogens is 380 g/mol. The largest absolute Gasteiger partial charge is 0.493 e. The van der Waals surface area contributed by atoms with Crippen molar-refractivity contribution in [3.8, 4) is 5.75 Å². The van der Waals surface area contributed by atoms with E-state index in [-0.39, 0.29) is 5.91 Å². The number of ether oxygens (including phenoxy) is 2. The van der Waals surface area contributed by atoms with Crippen molar-refractivity contribution in [3.63, 3.8) is 0 Å².